The summed E-state index contributed by atoms with van der Waals surface area (Å²) in [4.78, 5) is 0. The van der Waals surface area contributed by atoms with Crippen molar-refractivity contribution in [1.29, 1.82) is 0 Å². The van der Waals surface area contributed by atoms with Crippen molar-refractivity contribution in [3.05, 3.63) is 99.0 Å². The first kappa shape index (κ1) is 20.0. The molecule has 1 unspecified atom stereocenters. The molecule has 0 N–H and O–H groups in total. The van der Waals surface area contributed by atoms with Crippen LogP contribution < -0.4 is 5.01 Å². The molecule has 0 saturated heterocycles. The van der Waals surface area contributed by atoms with Gasteiger partial charge in [-0.3, -0.25) is 5.01 Å². The van der Waals surface area contributed by atoms with Crippen molar-refractivity contribution >= 4 is 38.9 Å². The molecule has 29 heavy (non-hydrogen) atoms. The Bertz CT molecular complexity index is 1050. The van der Waals surface area contributed by atoms with Gasteiger partial charge in [-0.25, -0.2) is 0 Å². The third kappa shape index (κ3) is 4.19. The summed E-state index contributed by atoms with van der Waals surface area (Å²) in [7, 11) is 0. The monoisotopic (exact) mass is 478 g/mol. The highest BCUT2D eigenvalue weighted by atomic mass is 79.9. The highest BCUT2D eigenvalue weighted by Crippen LogP contribution is 2.42. The Morgan fingerprint density at radius 3 is 2.31 bits per heavy atom. The minimum Gasteiger partial charge on any atom is -0.256 e. The number of anilines is 1. The lowest BCUT2D eigenvalue weighted by molar-refractivity contribution is -0.137. The number of hydrazone groups is 1. The lowest BCUT2D eigenvalue weighted by atomic mass is 9.98. The first-order chi connectivity index (χ1) is 13.8. The maximum atomic E-state index is 13.3. The predicted octanol–water partition coefficient (Wildman–Crippen LogP) is 7.48. The van der Waals surface area contributed by atoms with Crippen LogP contribution in [0.2, 0.25) is 5.02 Å². The molecule has 1 aliphatic rings. The summed E-state index contributed by atoms with van der Waals surface area (Å²) >= 11 is 9.72. The molecule has 0 spiro atoms. The van der Waals surface area contributed by atoms with Crippen LogP contribution in [0.25, 0.3) is 0 Å². The van der Waals surface area contributed by atoms with Gasteiger partial charge >= 0.3 is 6.18 Å². The third-order valence-electron chi connectivity index (χ3n) is 4.79. The molecule has 7 heteroatoms. The smallest absolute Gasteiger partial charge is 0.256 e. The molecule has 3 aromatic rings. The fourth-order valence-electron chi connectivity index (χ4n) is 3.35. The van der Waals surface area contributed by atoms with E-state index in [0.717, 1.165) is 33.4 Å². The first-order valence-electron chi connectivity index (χ1n) is 8.87. The van der Waals surface area contributed by atoms with Gasteiger partial charge in [-0.2, -0.15) is 18.3 Å². The van der Waals surface area contributed by atoms with Crippen LogP contribution in [-0.4, -0.2) is 5.71 Å². The Hall–Kier alpha value is -2.31. The Morgan fingerprint density at radius 2 is 1.66 bits per heavy atom. The second-order valence-corrected chi connectivity index (χ2v) is 8.02. The van der Waals surface area contributed by atoms with Gasteiger partial charge in [0.2, 0.25) is 0 Å². The van der Waals surface area contributed by atoms with Crippen LogP contribution in [0, 0.1) is 0 Å². The molecule has 0 amide bonds. The van der Waals surface area contributed by atoms with Crippen LogP contribution in [0.1, 0.15) is 29.2 Å². The number of nitrogens with zero attached hydrogens (tertiary/aromatic N) is 2. The summed E-state index contributed by atoms with van der Waals surface area (Å²) in [6.45, 7) is 0. The highest BCUT2D eigenvalue weighted by Gasteiger charge is 2.35. The second kappa shape index (κ2) is 7.84. The average Bonchev–Trinajstić information content (AvgIpc) is 3.14. The van der Waals surface area contributed by atoms with Crippen LogP contribution in [0.5, 0.6) is 0 Å². The van der Waals surface area contributed by atoms with E-state index in [2.05, 4.69) is 21.0 Å². The maximum Gasteiger partial charge on any atom is 0.416 e. The number of benzene rings is 3. The molecule has 0 bridgehead atoms. The normalized spacial score (nSPS) is 16.8. The lowest BCUT2D eigenvalue weighted by Crippen LogP contribution is -2.19. The molecule has 1 heterocycles. The van der Waals surface area contributed by atoms with Crippen molar-refractivity contribution in [2.75, 3.05) is 5.01 Å². The zero-order chi connectivity index (χ0) is 20.6. The number of alkyl halides is 3. The molecule has 4 rings (SSSR count). The van der Waals surface area contributed by atoms with Gasteiger partial charge in [0, 0.05) is 10.9 Å². The van der Waals surface area contributed by atoms with Crippen LogP contribution in [0.15, 0.2) is 82.4 Å². The zero-order valence-corrected chi connectivity index (χ0v) is 17.3. The van der Waals surface area contributed by atoms with E-state index < -0.39 is 11.7 Å². The van der Waals surface area contributed by atoms with Crippen molar-refractivity contribution in [2.24, 2.45) is 5.10 Å². The third-order valence-corrected chi connectivity index (χ3v) is 5.64. The largest absolute Gasteiger partial charge is 0.416 e. The van der Waals surface area contributed by atoms with Gasteiger partial charge in [0.1, 0.15) is 0 Å². The van der Waals surface area contributed by atoms with E-state index in [1.165, 1.54) is 6.07 Å². The molecule has 0 aromatic heterocycles. The van der Waals surface area contributed by atoms with Crippen molar-refractivity contribution in [2.45, 2.75) is 18.6 Å². The van der Waals surface area contributed by atoms with Gasteiger partial charge in [0.15, 0.2) is 0 Å². The number of hydrogen-bond acceptors (Lipinski definition) is 2. The first-order valence-corrected chi connectivity index (χ1v) is 10.0. The Labute approximate surface area is 179 Å². The molecular formula is C22H15BrClF3N2. The minimum absolute atomic E-state index is 0.222. The van der Waals surface area contributed by atoms with Crippen molar-refractivity contribution in [1.82, 2.24) is 0 Å². The summed E-state index contributed by atoms with van der Waals surface area (Å²) in [5.41, 5.74) is 2.15. The van der Waals surface area contributed by atoms with Crippen LogP contribution in [0.4, 0.5) is 18.9 Å². The summed E-state index contributed by atoms with van der Waals surface area (Å²) in [6.07, 6.45) is -3.90. The Kier molecular flexibility index (Phi) is 5.40. The van der Waals surface area contributed by atoms with E-state index in [1.54, 1.807) is 5.01 Å². The predicted molar refractivity (Wildman–Crippen MR) is 113 cm³/mol. The van der Waals surface area contributed by atoms with Crippen molar-refractivity contribution in [3.8, 4) is 0 Å². The standard InChI is InChI=1S/C22H15BrClF3N2/c23-17-9-6-14(7-10-17)19-13-20(15-4-2-1-3-5-15)29(28-19)21-12-16(22(25,26)27)8-11-18(21)24/h1-12,20H,13H2. The van der Waals surface area contributed by atoms with E-state index in [1.807, 2.05) is 54.6 Å². The van der Waals surface area contributed by atoms with Gasteiger partial charge in [-0.1, -0.05) is 70.0 Å². The quantitative estimate of drug-likeness (QED) is 0.380. The van der Waals surface area contributed by atoms with Crippen LogP contribution in [0.3, 0.4) is 0 Å². The SMILES string of the molecule is FC(F)(F)c1ccc(Cl)c(N2N=C(c3ccc(Br)cc3)CC2c2ccccc2)c1. The average molecular weight is 480 g/mol. The molecule has 0 saturated carbocycles. The molecule has 1 aliphatic heterocycles. The van der Waals surface area contributed by atoms with Gasteiger partial charge in [-0.05, 0) is 41.5 Å². The summed E-state index contributed by atoms with van der Waals surface area (Å²) in [6, 6.07) is 20.3. The summed E-state index contributed by atoms with van der Waals surface area (Å²) in [5, 5.41) is 6.51. The minimum atomic E-state index is -4.46. The van der Waals surface area contributed by atoms with E-state index >= 15 is 0 Å². The van der Waals surface area contributed by atoms with Crippen molar-refractivity contribution in [3.63, 3.8) is 0 Å². The molecule has 2 nitrogen and oxygen atoms in total. The van der Waals surface area contributed by atoms with E-state index in [9.17, 15) is 13.2 Å². The van der Waals surface area contributed by atoms with E-state index in [4.69, 9.17) is 11.6 Å². The highest BCUT2D eigenvalue weighted by molar-refractivity contribution is 9.10. The van der Waals surface area contributed by atoms with Crippen molar-refractivity contribution < 1.29 is 13.2 Å². The van der Waals surface area contributed by atoms with Gasteiger partial charge < -0.3 is 0 Å². The molecule has 3 aromatic carbocycles. The fraction of sp³-hybridized carbons (Fsp3) is 0.136. The molecule has 0 fully saturated rings. The molecular weight excluding hydrogens is 465 g/mol. The lowest BCUT2D eigenvalue weighted by Gasteiger charge is -2.25. The van der Waals surface area contributed by atoms with Gasteiger partial charge in [0.05, 0.1) is 28.0 Å². The molecule has 0 aliphatic carbocycles. The number of hydrogen-bond donors (Lipinski definition) is 0. The van der Waals surface area contributed by atoms with Crippen LogP contribution in [-0.2, 0) is 6.18 Å². The Balaban J connectivity index is 1.81. The molecule has 1 atom stereocenters. The number of halogens is 5. The van der Waals surface area contributed by atoms with Gasteiger partial charge in [-0.15, -0.1) is 0 Å². The number of rotatable bonds is 3. The fourth-order valence-corrected chi connectivity index (χ4v) is 3.82. The summed E-state index contributed by atoms with van der Waals surface area (Å²) < 4.78 is 40.8. The summed E-state index contributed by atoms with van der Waals surface area (Å²) in [5.74, 6) is 0. The maximum absolute atomic E-state index is 13.3. The zero-order valence-electron chi connectivity index (χ0n) is 15.0. The van der Waals surface area contributed by atoms with E-state index in [-0.39, 0.29) is 16.8 Å². The Morgan fingerprint density at radius 1 is 0.966 bits per heavy atom. The molecule has 148 valence electrons. The van der Waals surface area contributed by atoms with E-state index in [0.29, 0.717) is 6.42 Å². The topological polar surface area (TPSA) is 15.6 Å². The molecule has 0 radical (unpaired) electrons. The second-order valence-electron chi connectivity index (χ2n) is 6.69. The van der Waals surface area contributed by atoms with Crippen LogP contribution >= 0.6 is 27.5 Å². The van der Waals surface area contributed by atoms with Gasteiger partial charge in [0.25, 0.3) is 0 Å².